The van der Waals surface area contributed by atoms with Crippen molar-refractivity contribution in [2.75, 3.05) is 4.72 Å². The van der Waals surface area contributed by atoms with Gasteiger partial charge in [0.1, 0.15) is 10.8 Å². The van der Waals surface area contributed by atoms with Gasteiger partial charge in [-0.05, 0) is 61.0 Å². The van der Waals surface area contributed by atoms with Gasteiger partial charge < -0.3 is 0 Å². The van der Waals surface area contributed by atoms with Crippen LogP contribution in [0.5, 0.6) is 0 Å². The van der Waals surface area contributed by atoms with Crippen LogP contribution in [0.15, 0.2) is 60.7 Å². The van der Waals surface area contributed by atoms with Gasteiger partial charge in [0.2, 0.25) is 10.0 Å². The number of nitrogens with zero attached hydrogens (tertiary/aromatic N) is 1. The second-order valence-corrected chi connectivity index (χ2v) is 9.79. The zero-order valence-electron chi connectivity index (χ0n) is 15.3. The number of aryl methyl sites for hydroxylation is 1. The third-order valence-corrected chi connectivity index (χ3v) is 6.98. The molecule has 3 aromatic carbocycles. The second-order valence-electron chi connectivity index (χ2n) is 6.63. The van der Waals surface area contributed by atoms with Gasteiger partial charge in [-0.2, -0.15) is 0 Å². The van der Waals surface area contributed by atoms with E-state index in [1.54, 1.807) is 35.6 Å². The Labute approximate surface area is 177 Å². The van der Waals surface area contributed by atoms with Crippen molar-refractivity contribution in [2.24, 2.45) is 0 Å². The topological polar surface area (TPSA) is 59.1 Å². The van der Waals surface area contributed by atoms with E-state index in [2.05, 4.69) is 15.8 Å². The monoisotopic (exact) mass is 446 g/mol. The van der Waals surface area contributed by atoms with Crippen LogP contribution in [0, 0.1) is 12.7 Å². The lowest BCUT2D eigenvalue weighted by Crippen LogP contribution is -2.16. The summed E-state index contributed by atoms with van der Waals surface area (Å²) in [5.41, 5.74) is 3.33. The Morgan fingerprint density at radius 2 is 1.86 bits per heavy atom. The Bertz CT molecular complexity index is 1280. The summed E-state index contributed by atoms with van der Waals surface area (Å²) in [6.07, 6.45) is 0. The zero-order valence-corrected chi connectivity index (χ0v) is 17.7. The number of sulfonamides is 1. The predicted octanol–water partition coefficient (Wildman–Crippen LogP) is 6.01. The van der Waals surface area contributed by atoms with Gasteiger partial charge >= 0.3 is 0 Å². The van der Waals surface area contributed by atoms with Crippen molar-refractivity contribution >= 4 is 48.9 Å². The quantitative estimate of drug-likeness (QED) is 0.408. The molecule has 0 saturated carbocycles. The largest absolute Gasteiger partial charge is 0.283 e. The molecule has 4 aromatic rings. The lowest BCUT2D eigenvalue weighted by atomic mass is 10.2. The molecule has 0 aliphatic heterocycles. The first-order chi connectivity index (χ1) is 13.8. The fourth-order valence-electron chi connectivity index (χ4n) is 2.91. The summed E-state index contributed by atoms with van der Waals surface area (Å²) in [7, 11) is -3.82. The van der Waals surface area contributed by atoms with E-state index >= 15 is 0 Å². The molecule has 4 rings (SSSR count). The first-order valence-corrected chi connectivity index (χ1v) is 11.6. The van der Waals surface area contributed by atoms with Crippen LogP contribution in [0.3, 0.4) is 0 Å². The van der Waals surface area contributed by atoms with Crippen molar-refractivity contribution in [2.45, 2.75) is 12.7 Å². The summed E-state index contributed by atoms with van der Waals surface area (Å²) in [6.45, 7) is 2.04. The molecule has 0 amide bonds. The van der Waals surface area contributed by atoms with E-state index in [4.69, 9.17) is 11.6 Å². The fourth-order valence-corrected chi connectivity index (χ4v) is 5.53. The van der Waals surface area contributed by atoms with E-state index < -0.39 is 21.6 Å². The molecule has 0 aliphatic carbocycles. The average molecular weight is 447 g/mol. The van der Waals surface area contributed by atoms with E-state index in [-0.39, 0.29) is 10.6 Å². The Morgan fingerprint density at radius 1 is 1.10 bits per heavy atom. The number of hydrogen-bond donors (Lipinski definition) is 1. The highest BCUT2D eigenvalue weighted by atomic mass is 35.5. The Kier molecular flexibility index (Phi) is 5.29. The third kappa shape index (κ3) is 4.42. The van der Waals surface area contributed by atoms with Gasteiger partial charge in [-0.25, -0.2) is 17.8 Å². The van der Waals surface area contributed by atoms with Gasteiger partial charge in [0.05, 0.1) is 16.0 Å². The van der Waals surface area contributed by atoms with Gasteiger partial charge in [0.15, 0.2) is 0 Å². The van der Waals surface area contributed by atoms with Crippen molar-refractivity contribution in [3.8, 4) is 10.6 Å². The minimum Gasteiger partial charge on any atom is -0.283 e. The molecule has 8 heteroatoms. The second kappa shape index (κ2) is 7.74. The average Bonchev–Trinajstić information content (AvgIpc) is 3.08. The number of anilines is 1. The lowest BCUT2D eigenvalue weighted by molar-refractivity contribution is 0.591. The summed E-state index contributed by atoms with van der Waals surface area (Å²) < 4.78 is 42.3. The molecule has 148 valence electrons. The SMILES string of the molecule is Cc1ccc2nc(-c3ccc(NS(=O)(=O)Cc4c(F)cccc4Cl)cc3)sc2c1. The maximum Gasteiger partial charge on any atom is 0.237 e. The van der Waals surface area contributed by atoms with E-state index in [0.29, 0.717) is 5.69 Å². The highest BCUT2D eigenvalue weighted by Gasteiger charge is 2.17. The molecular formula is C21H16ClFN2O2S2. The first kappa shape index (κ1) is 19.8. The van der Waals surface area contributed by atoms with Gasteiger partial charge in [0.25, 0.3) is 0 Å². The molecule has 0 bridgehead atoms. The number of thiazole rings is 1. The maximum atomic E-state index is 13.9. The van der Waals surface area contributed by atoms with Gasteiger partial charge in [-0.1, -0.05) is 23.7 Å². The highest BCUT2D eigenvalue weighted by Crippen LogP contribution is 2.31. The molecule has 0 spiro atoms. The Morgan fingerprint density at radius 3 is 2.59 bits per heavy atom. The van der Waals surface area contributed by atoms with Crippen LogP contribution in [0.2, 0.25) is 5.02 Å². The van der Waals surface area contributed by atoms with Crippen molar-refractivity contribution in [1.29, 1.82) is 0 Å². The molecule has 1 N–H and O–H groups in total. The van der Waals surface area contributed by atoms with Crippen molar-refractivity contribution in [1.82, 2.24) is 4.98 Å². The van der Waals surface area contributed by atoms with Gasteiger partial charge in [-0.15, -0.1) is 11.3 Å². The number of aromatic nitrogens is 1. The number of rotatable bonds is 5. The van der Waals surface area contributed by atoms with Crippen LogP contribution in [0.25, 0.3) is 20.8 Å². The summed E-state index contributed by atoms with van der Waals surface area (Å²) in [5.74, 6) is -1.19. The van der Waals surface area contributed by atoms with Crippen molar-refractivity contribution < 1.29 is 12.8 Å². The molecule has 1 aromatic heterocycles. The lowest BCUT2D eigenvalue weighted by Gasteiger charge is -2.10. The summed E-state index contributed by atoms with van der Waals surface area (Å²) in [5, 5.41) is 0.940. The Hall–Kier alpha value is -2.48. The van der Waals surface area contributed by atoms with Gasteiger partial charge in [-0.3, -0.25) is 4.72 Å². The van der Waals surface area contributed by atoms with Crippen LogP contribution in [0.1, 0.15) is 11.1 Å². The first-order valence-electron chi connectivity index (χ1n) is 8.72. The summed E-state index contributed by atoms with van der Waals surface area (Å²) in [6, 6.07) is 17.1. The minimum absolute atomic E-state index is 0.0527. The van der Waals surface area contributed by atoms with Gasteiger partial charge in [0, 0.05) is 21.8 Å². The number of benzene rings is 3. The van der Waals surface area contributed by atoms with Crippen molar-refractivity contribution in [3.05, 3.63) is 82.6 Å². The fraction of sp³-hybridized carbons (Fsp3) is 0.0952. The van der Waals surface area contributed by atoms with Crippen LogP contribution >= 0.6 is 22.9 Å². The third-order valence-electron chi connectivity index (χ3n) is 4.35. The highest BCUT2D eigenvalue weighted by molar-refractivity contribution is 7.91. The molecular weight excluding hydrogens is 431 g/mol. The summed E-state index contributed by atoms with van der Waals surface area (Å²) >= 11 is 7.51. The standard InChI is InChI=1S/C21H16ClFN2O2S2/c1-13-5-10-19-20(11-13)28-21(24-19)14-6-8-15(9-7-14)25-29(26,27)12-16-17(22)3-2-4-18(16)23/h2-11,25H,12H2,1H3. The maximum absolute atomic E-state index is 13.9. The molecule has 0 saturated heterocycles. The Balaban J connectivity index is 1.54. The number of halogens is 2. The van der Waals surface area contributed by atoms with Crippen LogP contribution in [0.4, 0.5) is 10.1 Å². The molecule has 0 fully saturated rings. The van der Waals surface area contributed by atoms with E-state index in [1.807, 2.05) is 19.1 Å². The number of nitrogens with one attached hydrogen (secondary N) is 1. The predicted molar refractivity (Wildman–Crippen MR) is 117 cm³/mol. The summed E-state index contributed by atoms with van der Waals surface area (Å²) in [4.78, 5) is 4.63. The van der Waals surface area contributed by atoms with E-state index in [1.165, 1.54) is 23.8 Å². The zero-order chi connectivity index (χ0) is 20.6. The molecule has 1 heterocycles. The molecule has 0 radical (unpaired) electrons. The van der Waals surface area contributed by atoms with Crippen LogP contribution in [-0.2, 0) is 15.8 Å². The number of hydrogen-bond acceptors (Lipinski definition) is 4. The molecule has 0 atom stereocenters. The van der Waals surface area contributed by atoms with Crippen molar-refractivity contribution in [3.63, 3.8) is 0 Å². The normalized spacial score (nSPS) is 11.7. The van der Waals surface area contributed by atoms with E-state index in [9.17, 15) is 12.8 Å². The van der Waals surface area contributed by atoms with E-state index in [0.717, 1.165) is 20.8 Å². The van der Waals surface area contributed by atoms with Crippen LogP contribution < -0.4 is 4.72 Å². The van der Waals surface area contributed by atoms with Crippen LogP contribution in [-0.4, -0.2) is 13.4 Å². The minimum atomic E-state index is -3.82. The molecule has 4 nitrogen and oxygen atoms in total. The smallest absolute Gasteiger partial charge is 0.237 e. The molecule has 0 unspecified atom stereocenters. The molecule has 0 aliphatic rings. The number of fused-ring (bicyclic) bond motifs is 1. The molecule has 29 heavy (non-hydrogen) atoms.